The molecule has 0 atom stereocenters. The van der Waals surface area contributed by atoms with Crippen LogP contribution in [-0.2, 0) is 16.0 Å². The summed E-state index contributed by atoms with van der Waals surface area (Å²) in [6, 6.07) is 1.34. The van der Waals surface area contributed by atoms with Gasteiger partial charge in [-0.3, -0.25) is 4.79 Å². The maximum Gasteiger partial charge on any atom is 0.381 e. The average Bonchev–Trinajstić information content (AvgIpc) is 2.37. The number of hydrogen-bond donors (Lipinski definition) is 0. The van der Waals surface area contributed by atoms with Crippen LogP contribution in [0.1, 0.15) is 30.0 Å². The van der Waals surface area contributed by atoms with Gasteiger partial charge in [-0.25, -0.2) is 8.78 Å². The second kappa shape index (κ2) is 6.51. The third-order valence-corrected chi connectivity index (χ3v) is 2.32. The lowest BCUT2D eigenvalue weighted by Crippen LogP contribution is -2.12. The molecule has 1 aromatic rings. The number of nitrogens with zero attached hydrogens (tertiary/aromatic N) is 3. The first-order valence-electron chi connectivity index (χ1n) is 5.42. The lowest BCUT2D eigenvalue weighted by Gasteiger charge is -2.08. The zero-order chi connectivity index (χ0) is 15.3. The fraction of sp³-hybridized carbons (Fsp3) is 0.364. The van der Waals surface area contributed by atoms with E-state index < -0.39 is 40.7 Å². The fourth-order valence-corrected chi connectivity index (χ4v) is 1.56. The number of rotatable bonds is 5. The maximum absolute atomic E-state index is 13.0. The molecule has 0 saturated carbocycles. The quantitative estimate of drug-likeness (QED) is 0.464. The molecular weight excluding hydrogens is 276 g/mol. The molecule has 0 aliphatic heterocycles. The maximum atomic E-state index is 13.0. The summed E-state index contributed by atoms with van der Waals surface area (Å²) < 4.78 is 30.6. The average molecular weight is 285 g/mol. The van der Waals surface area contributed by atoms with Crippen molar-refractivity contribution in [2.75, 3.05) is 6.61 Å². The molecule has 0 aliphatic carbocycles. The van der Waals surface area contributed by atoms with Crippen LogP contribution in [0, 0.1) is 21.4 Å². The number of ether oxygens (including phenoxy) is 1. The Bertz CT molecular complexity index is 584. The van der Waals surface area contributed by atoms with E-state index in [9.17, 15) is 23.7 Å². The standard InChI is InChI=1S/C11H9F2N3O4/c1-2-20-8(17)3-6-5-15-11(16(18)19)7(4-14)9(6)10(12)13/h5,10H,2-3H2,1H3. The van der Waals surface area contributed by atoms with E-state index in [1.807, 2.05) is 0 Å². The van der Waals surface area contributed by atoms with Gasteiger partial charge in [-0.15, -0.1) is 0 Å². The van der Waals surface area contributed by atoms with E-state index >= 15 is 0 Å². The zero-order valence-electron chi connectivity index (χ0n) is 10.3. The van der Waals surface area contributed by atoms with Gasteiger partial charge in [0, 0.05) is 5.56 Å². The third-order valence-electron chi connectivity index (χ3n) is 2.32. The van der Waals surface area contributed by atoms with Crippen LogP contribution >= 0.6 is 0 Å². The second-order valence-electron chi connectivity index (χ2n) is 3.55. The van der Waals surface area contributed by atoms with Crippen LogP contribution in [0.5, 0.6) is 0 Å². The SMILES string of the molecule is CCOC(=O)Cc1cnc([N+](=O)[O-])c(C#N)c1C(F)F. The monoisotopic (exact) mass is 285 g/mol. The van der Waals surface area contributed by atoms with Crippen LogP contribution in [-0.4, -0.2) is 22.5 Å². The van der Waals surface area contributed by atoms with Crippen LogP contribution in [0.15, 0.2) is 6.20 Å². The Labute approximate surface area is 111 Å². The van der Waals surface area contributed by atoms with Crippen molar-refractivity contribution < 1.29 is 23.2 Å². The van der Waals surface area contributed by atoms with E-state index in [0.29, 0.717) is 0 Å². The van der Waals surface area contributed by atoms with Crippen molar-refractivity contribution in [2.45, 2.75) is 19.8 Å². The molecule has 7 nitrogen and oxygen atoms in total. The predicted octanol–water partition coefficient (Wildman–Crippen LogP) is 1.90. The first-order chi connectivity index (χ1) is 9.42. The summed E-state index contributed by atoms with van der Waals surface area (Å²) in [5.41, 5.74) is -1.96. The summed E-state index contributed by atoms with van der Waals surface area (Å²) in [5.74, 6) is -1.75. The van der Waals surface area contributed by atoms with E-state index in [0.717, 1.165) is 6.20 Å². The van der Waals surface area contributed by atoms with E-state index in [-0.39, 0.29) is 12.2 Å². The predicted molar refractivity (Wildman–Crippen MR) is 60.9 cm³/mol. The summed E-state index contributed by atoms with van der Waals surface area (Å²) in [6.07, 6.45) is -2.89. The van der Waals surface area contributed by atoms with Gasteiger partial charge in [-0.1, -0.05) is 0 Å². The van der Waals surface area contributed by atoms with Gasteiger partial charge in [0.1, 0.15) is 12.3 Å². The Kier molecular flexibility index (Phi) is 5.02. The summed E-state index contributed by atoms with van der Waals surface area (Å²) in [4.78, 5) is 24.3. The molecule has 106 valence electrons. The highest BCUT2D eigenvalue weighted by atomic mass is 19.3. The highest BCUT2D eigenvalue weighted by Crippen LogP contribution is 2.31. The van der Waals surface area contributed by atoms with Gasteiger partial charge in [0.25, 0.3) is 6.43 Å². The number of esters is 1. The Balaban J connectivity index is 3.36. The van der Waals surface area contributed by atoms with Gasteiger partial charge >= 0.3 is 11.8 Å². The van der Waals surface area contributed by atoms with E-state index in [1.54, 1.807) is 6.92 Å². The van der Waals surface area contributed by atoms with Crippen molar-refractivity contribution in [1.29, 1.82) is 5.26 Å². The minimum atomic E-state index is -3.14. The number of aromatic nitrogens is 1. The van der Waals surface area contributed by atoms with Crippen molar-refractivity contribution >= 4 is 11.8 Å². The molecular formula is C11H9F2N3O4. The summed E-state index contributed by atoms with van der Waals surface area (Å²) >= 11 is 0. The Morgan fingerprint density at radius 2 is 2.30 bits per heavy atom. The van der Waals surface area contributed by atoms with Gasteiger partial charge in [-0.2, -0.15) is 5.26 Å². The zero-order valence-corrected chi connectivity index (χ0v) is 10.3. The molecule has 1 rings (SSSR count). The second-order valence-corrected chi connectivity index (χ2v) is 3.55. The fourth-order valence-electron chi connectivity index (χ4n) is 1.56. The van der Waals surface area contributed by atoms with Gasteiger partial charge in [0.15, 0.2) is 5.56 Å². The molecule has 0 fully saturated rings. The van der Waals surface area contributed by atoms with Gasteiger partial charge in [0.2, 0.25) is 0 Å². The molecule has 0 N–H and O–H groups in total. The van der Waals surface area contributed by atoms with Crippen molar-refractivity contribution in [1.82, 2.24) is 4.98 Å². The Morgan fingerprint density at radius 1 is 1.65 bits per heavy atom. The Morgan fingerprint density at radius 3 is 2.75 bits per heavy atom. The van der Waals surface area contributed by atoms with Crippen LogP contribution in [0.2, 0.25) is 0 Å². The lowest BCUT2D eigenvalue weighted by molar-refractivity contribution is -0.389. The van der Waals surface area contributed by atoms with Crippen molar-refractivity contribution in [2.24, 2.45) is 0 Å². The minimum absolute atomic E-state index is 0.0639. The number of alkyl halides is 2. The number of nitriles is 1. The molecule has 0 unspecified atom stereocenters. The van der Waals surface area contributed by atoms with Crippen LogP contribution in [0.3, 0.4) is 0 Å². The molecule has 1 aromatic heterocycles. The summed E-state index contributed by atoms with van der Waals surface area (Å²) in [7, 11) is 0. The van der Waals surface area contributed by atoms with E-state index in [4.69, 9.17) is 5.26 Å². The lowest BCUT2D eigenvalue weighted by atomic mass is 10.0. The highest BCUT2D eigenvalue weighted by Gasteiger charge is 2.29. The number of nitro groups is 1. The summed E-state index contributed by atoms with van der Waals surface area (Å²) in [6.45, 7) is 1.61. The smallest absolute Gasteiger partial charge is 0.381 e. The van der Waals surface area contributed by atoms with Crippen molar-refractivity contribution in [3.63, 3.8) is 0 Å². The van der Waals surface area contributed by atoms with Gasteiger partial charge < -0.3 is 14.9 Å². The largest absolute Gasteiger partial charge is 0.466 e. The normalized spacial score (nSPS) is 10.2. The molecule has 9 heteroatoms. The van der Waals surface area contributed by atoms with Gasteiger partial charge in [0.05, 0.1) is 18.6 Å². The molecule has 0 amide bonds. The number of halogens is 2. The minimum Gasteiger partial charge on any atom is -0.466 e. The van der Waals surface area contributed by atoms with Crippen LogP contribution in [0.4, 0.5) is 14.6 Å². The molecule has 1 heterocycles. The molecule has 0 aromatic carbocycles. The van der Waals surface area contributed by atoms with Crippen LogP contribution < -0.4 is 0 Å². The number of hydrogen-bond acceptors (Lipinski definition) is 6. The number of pyridine rings is 1. The number of carbonyl (C=O) groups is 1. The van der Waals surface area contributed by atoms with Crippen molar-refractivity contribution in [3.8, 4) is 6.07 Å². The molecule has 0 bridgehead atoms. The topological polar surface area (TPSA) is 106 Å². The first kappa shape index (κ1) is 15.4. The molecule has 0 radical (unpaired) electrons. The Hall–Kier alpha value is -2.63. The van der Waals surface area contributed by atoms with Crippen molar-refractivity contribution in [3.05, 3.63) is 33.0 Å². The molecule has 20 heavy (non-hydrogen) atoms. The van der Waals surface area contributed by atoms with E-state index in [1.165, 1.54) is 6.07 Å². The molecule has 0 saturated heterocycles. The van der Waals surface area contributed by atoms with Crippen LogP contribution in [0.25, 0.3) is 0 Å². The van der Waals surface area contributed by atoms with Gasteiger partial charge in [-0.05, 0) is 16.8 Å². The highest BCUT2D eigenvalue weighted by molar-refractivity contribution is 5.73. The summed E-state index contributed by atoms with van der Waals surface area (Å²) in [5, 5.41) is 19.5. The number of carbonyl (C=O) groups excluding carboxylic acids is 1. The van der Waals surface area contributed by atoms with E-state index in [2.05, 4.69) is 9.72 Å². The third kappa shape index (κ3) is 3.23. The first-order valence-corrected chi connectivity index (χ1v) is 5.42. The molecule has 0 aliphatic rings. The molecule has 0 spiro atoms.